The van der Waals surface area contributed by atoms with Crippen LogP contribution in [0.25, 0.3) is 10.9 Å². The van der Waals surface area contributed by atoms with Crippen LogP contribution in [0.2, 0.25) is 0 Å². The van der Waals surface area contributed by atoms with Gasteiger partial charge in [0.2, 0.25) is 0 Å². The van der Waals surface area contributed by atoms with Crippen LogP contribution in [-0.4, -0.2) is 59.5 Å². The largest absolute Gasteiger partial charge is 0.497 e. The molecule has 4 heterocycles. The Labute approximate surface area is 170 Å². The molecular formula is C23H26N4O2. The number of amides is 1. The molecule has 1 N–H and O–H groups in total. The fraction of sp³-hybridized carbons (Fsp3) is 0.391. The summed E-state index contributed by atoms with van der Waals surface area (Å²) >= 11 is 0. The quantitative estimate of drug-likeness (QED) is 0.730. The zero-order valence-electron chi connectivity index (χ0n) is 16.9. The van der Waals surface area contributed by atoms with Crippen LogP contribution in [-0.2, 0) is 12.0 Å². The molecule has 1 saturated heterocycles. The number of rotatable bonds is 2. The molecule has 0 unspecified atom stereocenters. The van der Waals surface area contributed by atoms with E-state index in [0.717, 1.165) is 44.6 Å². The van der Waals surface area contributed by atoms with Crippen LogP contribution in [0.5, 0.6) is 5.75 Å². The third kappa shape index (κ3) is 2.82. The van der Waals surface area contributed by atoms with Crippen LogP contribution in [0.4, 0.5) is 0 Å². The fourth-order valence-electron chi connectivity index (χ4n) is 5.08. The lowest BCUT2D eigenvalue weighted by Gasteiger charge is -2.49. The highest BCUT2D eigenvalue weighted by molar-refractivity contribution is 5.94. The van der Waals surface area contributed by atoms with Crippen LogP contribution < -0.4 is 4.74 Å². The molecule has 6 heteroatoms. The average molecular weight is 390 g/mol. The van der Waals surface area contributed by atoms with E-state index in [1.165, 1.54) is 22.2 Å². The van der Waals surface area contributed by atoms with Gasteiger partial charge in [-0.25, -0.2) is 0 Å². The molecule has 2 aliphatic rings. The Hall–Kier alpha value is -2.86. The van der Waals surface area contributed by atoms with Crippen molar-refractivity contribution in [3.8, 4) is 5.75 Å². The van der Waals surface area contributed by atoms with Gasteiger partial charge >= 0.3 is 0 Å². The molecule has 2 aromatic heterocycles. The number of piperidine rings is 1. The number of methoxy groups -OCH3 is 1. The molecule has 1 fully saturated rings. The molecule has 150 valence electrons. The SMILES string of the molecule is COc1ccc2[nH]c3c(c2c1)CCN(C)C31CCN(C(=O)c2ccncc2)CC1. The zero-order valence-corrected chi connectivity index (χ0v) is 16.9. The molecular weight excluding hydrogens is 364 g/mol. The monoisotopic (exact) mass is 390 g/mol. The van der Waals surface area contributed by atoms with Gasteiger partial charge in [0, 0.05) is 54.2 Å². The first-order valence-electron chi connectivity index (χ1n) is 10.2. The Morgan fingerprint density at radius 1 is 1.14 bits per heavy atom. The van der Waals surface area contributed by atoms with E-state index >= 15 is 0 Å². The van der Waals surface area contributed by atoms with Gasteiger partial charge in [-0.2, -0.15) is 0 Å². The van der Waals surface area contributed by atoms with E-state index in [1.807, 2.05) is 11.0 Å². The molecule has 0 saturated carbocycles. The second-order valence-electron chi connectivity index (χ2n) is 8.12. The van der Waals surface area contributed by atoms with Crippen LogP contribution in [0, 0.1) is 0 Å². The molecule has 0 atom stereocenters. The Kier molecular flexibility index (Phi) is 4.32. The molecule has 0 aliphatic carbocycles. The first kappa shape index (κ1) is 18.2. The van der Waals surface area contributed by atoms with Gasteiger partial charge in [-0.1, -0.05) is 0 Å². The maximum atomic E-state index is 12.9. The summed E-state index contributed by atoms with van der Waals surface area (Å²) in [5.41, 5.74) is 4.57. The van der Waals surface area contributed by atoms with Gasteiger partial charge in [-0.3, -0.25) is 14.7 Å². The molecule has 6 nitrogen and oxygen atoms in total. The molecule has 1 aromatic carbocycles. The summed E-state index contributed by atoms with van der Waals surface area (Å²) in [7, 11) is 3.93. The second kappa shape index (κ2) is 6.88. The molecule has 1 amide bonds. The van der Waals surface area contributed by atoms with Gasteiger partial charge in [-0.15, -0.1) is 0 Å². The summed E-state index contributed by atoms with van der Waals surface area (Å²) in [6.07, 6.45) is 6.24. The van der Waals surface area contributed by atoms with Gasteiger partial charge in [-0.05, 0) is 62.2 Å². The van der Waals surface area contributed by atoms with Gasteiger partial charge in [0.25, 0.3) is 5.91 Å². The number of ether oxygens (including phenoxy) is 1. The number of likely N-dealkylation sites (N-methyl/N-ethyl adjacent to an activating group) is 1. The highest BCUT2D eigenvalue weighted by Crippen LogP contribution is 2.45. The summed E-state index contributed by atoms with van der Waals surface area (Å²) in [5, 5.41) is 1.27. The standard InChI is InChI=1S/C23H26N4O2/c1-26-12-7-18-19-15-17(29-2)3-4-20(19)25-21(18)23(26)8-13-27(14-9-23)22(28)16-5-10-24-11-6-16/h3-6,10-11,15,25H,7-9,12-14H2,1-2H3. The van der Waals surface area contributed by atoms with Crippen molar-refractivity contribution in [3.05, 3.63) is 59.5 Å². The van der Waals surface area contributed by atoms with E-state index in [4.69, 9.17) is 4.74 Å². The topological polar surface area (TPSA) is 61.5 Å². The first-order chi connectivity index (χ1) is 14.1. The summed E-state index contributed by atoms with van der Waals surface area (Å²) in [4.78, 5) is 25.1. The molecule has 0 radical (unpaired) electrons. The van der Waals surface area contributed by atoms with E-state index < -0.39 is 0 Å². The number of hydrogen-bond acceptors (Lipinski definition) is 4. The minimum atomic E-state index is -0.0468. The van der Waals surface area contributed by atoms with Crippen LogP contribution in [0.15, 0.2) is 42.7 Å². The molecule has 1 spiro atoms. The first-order valence-corrected chi connectivity index (χ1v) is 10.2. The second-order valence-corrected chi connectivity index (χ2v) is 8.12. The van der Waals surface area contributed by atoms with Crippen LogP contribution in [0.3, 0.4) is 0 Å². The molecule has 0 bridgehead atoms. The molecule has 29 heavy (non-hydrogen) atoms. The number of nitrogens with zero attached hydrogens (tertiary/aromatic N) is 3. The number of carbonyl (C=O) groups is 1. The van der Waals surface area contributed by atoms with Crippen molar-refractivity contribution in [2.24, 2.45) is 0 Å². The number of aromatic nitrogens is 2. The van der Waals surface area contributed by atoms with Crippen molar-refractivity contribution < 1.29 is 9.53 Å². The maximum Gasteiger partial charge on any atom is 0.253 e. The van der Waals surface area contributed by atoms with E-state index in [9.17, 15) is 4.79 Å². The third-order valence-corrected chi connectivity index (χ3v) is 6.81. The van der Waals surface area contributed by atoms with E-state index in [2.05, 4.69) is 34.0 Å². The van der Waals surface area contributed by atoms with Crippen molar-refractivity contribution in [2.45, 2.75) is 24.8 Å². The molecule has 2 aliphatic heterocycles. The highest BCUT2D eigenvalue weighted by Gasteiger charge is 2.45. The van der Waals surface area contributed by atoms with Crippen molar-refractivity contribution in [1.29, 1.82) is 0 Å². The zero-order chi connectivity index (χ0) is 20.0. The molecule has 5 rings (SSSR count). The fourth-order valence-corrected chi connectivity index (χ4v) is 5.08. The lowest BCUT2D eigenvalue weighted by molar-refractivity contribution is 0.0231. The van der Waals surface area contributed by atoms with Crippen molar-refractivity contribution in [3.63, 3.8) is 0 Å². The van der Waals surface area contributed by atoms with Crippen molar-refractivity contribution in [2.75, 3.05) is 33.8 Å². The number of pyridine rings is 1. The van der Waals surface area contributed by atoms with Gasteiger partial charge in [0.15, 0.2) is 0 Å². The normalized spacial score (nSPS) is 18.8. The lowest BCUT2D eigenvalue weighted by Crippen LogP contribution is -2.55. The highest BCUT2D eigenvalue weighted by atomic mass is 16.5. The minimum Gasteiger partial charge on any atom is -0.497 e. The number of hydrogen-bond donors (Lipinski definition) is 1. The minimum absolute atomic E-state index is 0.0468. The Bertz CT molecular complexity index is 1050. The van der Waals surface area contributed by atoms with E-state index in [-0.39, 0.29) is 11.4 Å². The van der Waals surface area contributed by atoms with Crippen molar-refractivity contribution in [1.82, 2.24) is 19.8 Å². The van der Waals surface area contributed by atoms with E-state index in [1.54, 1.807) is 31.6 Å². The Balaban J connectivity index is 1.47. The number of aromatic amines is 1. The number of H-pyrrole nitrogens is 1. The predicted molar refractivity (Wildman–Crippen MR) is 112 cm³/mol. The number of likely N-dealkylation sites (tertiary alicyclic amines) is 1. The molecule has 3 aromatic rings. The van der Waals surface area contributed by atoms with Gasteiger partial charge < -0.3 is 14.6 Å². The summed E-state index contributed by atoms with van der Waals surface area (Å²) < 4.78 is 5.45. The van der Waals surface area contributed by atoms with Gasteiger partial charge in [0.1, 0.15) is 5.75 Å². The number of fused-ring (bicyclic) bond motifs is 4. The Morgan fingerprint density at radius 3 is 2.62 bits per heavy atom. The summed E-state index contributed by atoms with van der Waals surface area (Å²) in [5.74, 6) is 0.993. The number of benzene rings is 1. The summed E-state index contributed by atoms with van der Waals surface area (Å²) in [6.45, 7) is 2.53. The lowest BCUT2D eigenvalue weighted by atomic mass is 9.77. The van der Waals surface area contributed by atoms with E-state index in [0.29, 0.717) is 5.56 Å². The number of carbonyl (C=O) groups excluding carboxylic acids is 1. The average Bonchev–Trinajstić information content (AvgIpc) is 3.16. The third-order valence-electron chi connectivity index (χ3n) is 6.81. The van der Waals surface area contributed by atoms with Crippen molar-refractivity contribution >= 4 is 16.8 Å². The summed E-state index contributed by atoms with van der Waals surface area (Å²) in [6, 6.07) is 9.86. The van der Waals surface area contributed by atoms with Crippen LogP contribution in [0.1, 0.15) is 34.5 Å². The number of nitrogens with one attached hydrogen (secondary N) is 1. The Morgan fingerprint density at radius 2 is 1.90 bits per heavy atom. The van der Waals surface area contributed by atoms with Crippen LogP contribution >= 0.6 is 0 Å². The predicted octanol–water partition coefficient (Wildman–Crippen LogP) is 3.19. The maximum absolute atomic E-state index is 12.9. The van der Waals surface area contributed by atoms with Gasteiger partial charge in [0.05, 0.1) is 12.6 Å². The smallest absolute Gasteiger partial charge is 0.253 e.